The van der Waals surface area contributed by atoms with Gasteiger partial charge >= 0.3 is 11.9 Å². The Morgan fingerprint density at radius 2 is 0.767 bits per heavy atom. The molecule has 0 rings (SSSR count). The minimum atomic E-state index is -1.20. The molecule has 0 aromatic carbocycles. The molecule has 0 spiro atoms. The minimum absolute atomic E-state index is 0.0777. The van der Waals surface area contributed by atoms with Gasteiger partial charge in [-0.05, 0) is 0 Å². The van der Waals surface area contributed by atoms with E-state index < -0.39 is 60.8 Å². The first-order valence-corrected chi connectivity index (χ1v) is 20.2. The summed E-state index contributed by atoms with van der Waals surface area (Å²) in [7, 11) is 0. The molecule has 0 heterocycles. The molecular weight excluding hydrogens is 828 g/mol. The molecule has 0 amide bonds. The Morgan fingerprint density at radius 1 is 0.467 bits per heavy atom. The highest BCUT2D eigenvalue weighted by molar-refractivity contribution is 6.16. The molecule has 0 bridgehead atoms. The van der Waals surface area contributed by atoms with E-state index in [9.17, 15) is 50.4 Å². The zero-order valence-corrected chi connectivity index (χ0v) is 35.1. The van der Waals surface area contributed by atoms with Gasteiger partial charge in [-0.3, -0.25) is 0 Å². The summed E-state index contributed by atoms with van der Waals surface area (Å²) in [6.07, 6.45) is -6.15. The number of rotatable bonds is 43. The normalized spacial score (nSPS) is 16.3. The van der Waals surface area contributed by atoms with Crippen LogP contribution in [0.3, 0.4) is 0 Å². The number of aliphatic hydroxyl groups is 9. The second kappa shape index (κ2) is 38.6. The van der Waals surface area contributed by atoms with E-state index in [1.807, 2.05) is 0 Å². The van der Waals surface area contributed by atoms with Gasteiger partial charge in [0.05, 0.1) is 99.1 Å². The van der Waals surface area contributed by atoms with Gasteiger partial charge in [0.25, 0.3) is 0 Å². The topological polar surface area (TPSA) is 308 Å². The van der Waals surface area contributed by atoms with E-state index in [-0.39, 0.29) is 131 Å². The minimum Gasteiger partial charge on any atom is -0.460 e. The van der Waals surface area contributed by atoms with Crippen LogP contribution < -0.4 is 9.80 Å². The van der Waals surface area contributed by atoms with Crippen LogP contribution in [0.1, 0.15) is 0 Å². The summed E-state index contributed by atoms with van der Waals surface area (Å²) in [5.74, 6) is -1.46. The maximum absolute atomic E-state index is 11.3. The molecule has 22 nitrogen and oxygen atoms in total. The number of hydrogen-bond acceptors (Lipinski definition) is 20. The second-order valence-electron chi connectivity index (χ2n) is 13.7. The highest BCUT2D eigenvalue weighted by atomic mass is 35.5. The number of carbonyl (C=O) groups is 2. The molecule has 60 heavy (non-hydrogen) atoms. The molecule has 0 saturated heterocycles. The smallest absolute Gasteiger partial charge is 0.330 e. The van der Waals surface area contributed by atoms with Crippen LogP contribution in [-0.4, -0.2) is 258 Å². The summed E-state index contributed by atoms with van der Waals surface area (Å²) in [5, 5.41) is 89.2. The van der Waals surface area contributed by atoms with Gasteiger partial charge in [-0.15, -0.1) is 0 Å². The van der Waals surface area contributed by atoms with Crippen molar-refractivity contribution in [3.63, 3.8) is 0 Å². The summed E-state index contributed by atoms with van der Waals surface area (Å²) < 4.78 is 48.7. The standard InChI is InChI=1S/C37H69ClN2O20/c1-3-36(50)59-21-32(48)19-57-34(23-53-14-28(44)11-39(5-8-41)6-9-42)24-55-17-31(47)18-56-26-35(58-20-33(49)22-60-37(51)4-2)25-54-16-30(46)15-52-13-29(45)12-40(27-38)7-10-43/h3-4,28-35,41-49H,1-2,5-27H2/p+2. The number of alkyl halides is 1. The molecule has 0 radical (unpaired) electrons. The largest absolute Gasteiger partial charge is 0.460 e. The van der Waals surface area contributed by atoms with Crippen LogP contribution in [-0.2, 0) is 52.2 Å². The third-order valence-electron chi connectivity index (χ3n) is 7.93. The van der Waals surface area contributed by atoms with Crippen LogP contribution in [0.4, 0.5) is 0 Å². The van der Waals surface area contributed by atoms with Gasteiger partial charge in [0.2, 0.25) is 0 Å². The first-order valence-electron chi connectivity index (χ1n) is 19.6. The van der Waals surface area contributed by atoms with E-state index in [0.717, 1.165) is 22.0 Å². The van der Waals surface area contributed by atoms with Crippen molar-refractivity contribution in [1.29, 1.82) is 0 Å². The van der Waals surface area contributed by atoms with Crippen molar-refractivity contribution in [3.8, 4) is 0 Å². The van der Waals surface area contributed by atoms with Crippen LogP contribution in [0.2, 0.25) is 0 Å². The maximum Gasteiger partial charge on any atom is 0.330 e. The lowest BCUT2D eigenvalue weighted by atomic mass is 10.3. The Morgan fingerprint density at radius 3 is 1.10 bits per heavy atom. The predicted octanol–water partition coefficient (Wildman–Crippen LogP) is -7.59. The Hall–Kier alpha value is -2.01. The van der Waals surface area contributed by atoms with Crippen LogP contribution in [0, 0.1) is 0 Å². The van der Waals surface area contributed by atoms with Gasteiger partial charge in [-0.1, -0.05) is 24.8 Å². The number of halogens is 1. The van der Waals surface area contributed by atoms with Crippen molar-refractivity contribution in [1.82, 2.24) is 0 Å². The lowest BCUT2D eigenvalue weighted by molar-refractivity contribution is -0.903. The Kier molecular flexibility index (Phi) is 37.4. The van der Waals surface area contributed by atoms with Gasteiger partial charge in [-0.2, -0.15) is 0 Å². The molecule has 354 valence electrons. The highest BCUT2D eigenvalue weighted by Crippen LogP contribution is 2.04. The summed E-state index contributed by atoms with van der Waals surface area (Å²) in [6, 6.07) is 0.194. The molecule has 0 saturated carbocycles. The summed E-state index contributed by atoms with van der Waals surface area (Å²) >= 11 is 5.81. The molecule has 23 heteroatoms. The predicted molar refractivity (Wildman–Crippen MR) is 210 cm³/mol. The van der Waals surface area contributed by atoms with Gasteiger partial charge in [-0.25, -0.2) is 9.59 Å². The number of nitrogens with one attached hydrogen (secondary N) is 2. The van der Waals surface area contributed by atoms with Crippen molar-refractivity contribution in [2.75, 3.05) is 151 Å². The van der Waals surface area contributed by atoms with E-state index in [1.54, 1.807) is 0 Å². The van der Waals surface area contributed by atoms with Crippen LogP contribution in [0.5, 0.6) is 0 Å². The molecule has 0 fully saturated rings. The number of esters is 2. The Bertz CT molecular complexity index is 1070. The number of ether oxygens (including phenoxy) is 9. The maximum atomic E-state index is 11.3. The van der Waals surface area contributed by atoms with Crippen molar-refractivity contribution >= 4 is 23.5 Å². The van der Waals surface area contributed by atoms with Crippen LogP contribution in [0.25, 0.3) is 0 Å². The quantitative estimate of drug-likeness (QED) is 0.0117. The van der Waals surface area contributed by atoms with Gasteiger partial charge in [0.1, 0.15) is 94.8 Å². The average Bonchev–Trinajstić information content (AvgIpc) is 3.22. The molecule has 11 N–H and O–H groups in total. The third kappa shape index (κ3) is 33.6. The highest BCUT2D eigenvalue weighted by Gasteiger charge is 2.21. The van der Waals surface area contributed by atoms with E-state index in [1.165, 1.54) is 0 Å². The lowest BCUT2D eigenvalue weighted by Crippen LogP contribution is -3.14. The molecule has 0 aromatic heterocycles. The van der Waals surface area contributed by atoms with E-state index in [4.69, 9.17) is 59.3 Å². The molecule has 0 aliphatic carbocycles. The molecular formula is C37H71ClN2O20+2. The Labute approximate surface area is 356 Å². The van der Waals surface area contributed by atoms with Crippen molar-refractivity contribution < 1.29 is 108 Å². The summed E-state index contributed by atoms with van der Waals surface area (Å²) in [5.41, 5.74) is 0. The van der Waals surface area contributed by atoms with Gasteiger partial charge < -0.3 is 98.4 Å². The van der Waals surface area contributed by atoms with Crippen molar-refractivity contribution in [2.24, 2.45) is 0 Å². The van der Waals surface area contributed by atoms with Crippen molar-refractivity contribution in [3.05, 3.63) is 25.3 Å². The zero-order valence-electron chi connectivity index (χ0n) is 34.3. The lowest BCUT2D eigenvalue weighted by Gasteiger charge is -2.23. The first kappa shape index (κ1) is 58.0. The first-order chi connectivity index (χ1) is 28.8. The van der Waals surface area contributed by atoms with Crippen LogP contribution >= 0.6 is 11.6 Å². The molecule has 0 aliphatic rings. The fourth-order valence-corrected chi connectivity index (χ4v) is 5.19. The van der Waals surface area contributed by atoms with Crippen molar-refractivity contribution in [2.45, 2.75) is 48.8 Å². The Balaban J connectivity index is 5.07. The summed E-state index contributed by atoms with van der Waals surface area (Å²) in [4.78, 5) is 24.2. The van der Waals surface area contributed by atoms with E-state index in [0.29, 0.717) is 19.6 Å². The monoisotopic (exact) mass is 898 g/mol. The van der Waals surface area contributed by atoms with E-state index >= 15 is 0 Å². The van der Waals surface area contributed by atoms with Gasteiger partial charge in [0, 0.05) is 12.2 Å². The molecule has 0 aliphatic heterocycles. The second-order valence-corrected chi connectivity index (χ2v) is 13.9. The SMILES string of the molecule is C=CC(=O)OCC(O)COC(COCC(O)COCC(O)C[NH+](CCl)CCO)COCC(O)COCC(COCC(O)C[NH+](CCO)CCO)OCC(O)COC(=O)C=C. The van der Waals surface area contributed by atoms with Gasteiger partial charge in [0.15, 0.2) is 6.00 Å². The number of quaternary nitrogens is 2. The fraction of sp³-hybridized carbons (Fsp3) is 0.838. The number of hydrogen-bond donors (Lipinski definition) is 11. The third-order valence-corrected chi connectivity index (χ3v) is 8.31. The fourth-order valence-electron chi connectivity index (χ4n) is 4.94. The zero-order chi connectivity index (χ0) is 45.0. The number of carbonyl (C=O) groups excluding carboxylic acids is 2. The average molecular weight is 899 g/mol. The molecule has 9 atom stereocenters. The van der Waals surface area contributed by atoms with Crippen LogP contribution in [0.15, 0.2) is 25.3 Å². The molecule has 0 aromatic rings. The molecule has 9 unspecified atom stereocenters. The summed E-state index contributed by atoms with van der Waals surface area (Å²) in [6.45, 7) is 4.91. The van der Waals surface area contributed by atoms with E-state index in [2.05, 4.69) is 13.2 Å². The number of aliphatic hydroxyl groups excluding tert-OH is 9.